The average Bonchev–Trinajstić information content (AvgIpc) is 1.55. The molecule has 0 saturated heterocycles. The molecular formula is C122H113N9Ni2O12. The smallest absolute Gasteiger partial charge is 0.657 e. The number of unbranched alkanes of at least 4 members (excludes halogenated alkanes) is 6. The fourth-order valence-corrected chi connectivity index (χ4v) is 20.6. The molecule has 0 unspecified atom stereocenters. The number of hydrogen-bond acceptors (Lipinski definition) is 17. The van der Waals surface area contributed by atoms with Gasteiger partial charge in [0.2, 0.25) is 23.0 Å². The van der Waals surface area contributed by atoms with Crippen LogP contribution >= 0.6 is 0 Å². The van der Waals surface area contributed by atoms with E-state index in [0.717, 1.165) is 148 Å². The van der Waals surface area contributed by atoms with E-state index >= 15 is 0 Å². The maximum absolute atomic E-state index is 6.19. The standard InChI is InChI=1S/C122H113N9O12.2Ni/c1-17-20-22-30-60-122(61-31-23-21-18-2)89-62-75(39-46-87(89)88-47-40-76(63-90(88)122)113-96-53-57-101(128-96)115(78-66-106(134-7)119(141-14)107(67-78)135-8)93-48-41-81(124-93)72-82-42-49-94(125-82)116(102-58-54-97(113)129-102)79-68-108(136-9)120(142-15)109(69-79)137-10)112-95-52-56-99(127-95)114(77-64-104(132-5)118(140-13)105(65-77)133-6)91(19-3)123-73(4)86(45-38-74-36-43-85(44-37-74)131(83-32-26-24-27-33-83)84-34-28-25-29-35-84)92-50-51-100(126-92)117(103-59-55-98(112)130-103)80-70-110(138-11)121(143-16)111(71-80)139-12;;/h19,24-29,32-59,62-72H,3,17-18,20-23,30-31,60-61H2,1-2,4-16H3;;/q-4;2*+2/b45-38+,81-72?,82-72?,86-73?,92-86?,112-95?,112-98?,113-96?,113-97?,114-91?,114-99?,115-93?,115-101?,116-94?,116-102?,117-100?,117-103?,123-73?,123-91?;;. The molecule has 14 bridgehead atoms. The molecule has 15 aromatic rings. The monoisotopic (exact) mass is 2010 g/mol. The van der Waals surface area contributed by atoms with E-state index in [9.17, 15) is 0 Å². The van der Waals surface area contributed by atoms with Crippen molar-refractivity contribution < 1.29 is 89.8 Å². The molecule has 0 atom stereocenters. The van der Waals surface area contributed by atoms with Crippen LogP contribution in [0.2, 0.25) is 0 Å². The largest absolute Gasteiger partial charge is 2.00 e. The van der Waals surface area contributed by atoms with Gasteiger partial charge in [0.05, 0.1) is 125 Å². The van der Waals surface area contributed by atoms with Crippen LogP contribution in [0, 0.1) is 6.92 Å². The molecule has 0 spiro atoms. The molecule has 21 nitrogen and oxygen atoms in total. The number of aryl methyl sites for hydroxylation is 1. The summed E-state index contributed by atoms with van der Waals surface area (Å²) in [6, 6.07) is 77.4. The van der Waals surface area contributed by atoms with Crippen LogP contribution < -0.4 is 81.7 Å². The van der Waals surface area contributed by atoms with Gasteiger partial charge in [-0.1, -0.05) is 211 Å². The molecule has 1 aliphatic carbocycles. The second-order valence-electron chi connectivity index (χ2n) is 35.5. The van der Waals surface area contributed by atoms with Crippen molar-refractivity contribution in [3.05, 3.63) is 299 Å². The van der Waals surface area contributed by atoms with Gasteiger partial charge < -0.3 is 81.7 Å². The Kier molecular flexibility index (Phi) is 30.9. The van der Waals surface area contributed by atoms with Crippen molar-refractivity contribution in [1.82, 2.24) is 39.9 Å². The van der Waals surface area contributed by atoms with Crippen LogP contribution in [0.5, 0.6) is 69.0 Å². The number of anilines is 3. The van der Waals surface area contributed by atoms with E-state index in [4.69, 9.17) is 96.7 Å². The Morgan fingerprint density at radius 3 is 1.03 bits per heavy atom. The molecule has 0 saturated carbocycles. The first-order valence-corrected chi connectivity index (χ1v) is 48.3. The van der Waals surface area contributed by atoms with Crippen LogP contribution in [0.25, 0.3) is 177 Å². The van der Waals surface area contributed by atoms with Crippen molar-refractivity contribution in [3.63, 3.8) is 0 Å². The molecule has 0 amide bonds. The van der Waals surface area contributed by atoms with Gasteiger partial charge in [-0.2, -0.15) is 0 Å². The summed E-state index contributed by atoms with van der Waals surface area (Å²) < 4.78 is 72.9. The number of hydrogen-bond donors (Lipinski definition) is 0. The molecule has 145 heavy (non-hydrogen) atoms. The first-order valence-electron chi connectivity index (χ1n) is 48.3. The van der Waals surface area contributed by atoms with Crippen LogP contribution in [0.1, 0.15) is 146 Å². The molecule has 9 heterocycles. The molecule has 0 fully saturated rings. The van der Waals surface area contributed by atoms with E-state index < -0.39 is 5.41 Å². The number of nitrogens with zero attached hydrogens (tertiary/aromatic N) is 9. The second-order valence-corrected chi connectivity index (χ2v) is 35.5. The Morgan fingerprint density at radius 1 is 0.310 bits per heavy atom. The van der Waals surface area contributed by atoms with E-state index in [1.807, 2.05) is 110 Å². The number of para-hydroxylation sites is 2. The molecule has 3 aliphatic heterocycles. The van der Waals surface area contributed by atoms with Gasteiger partial charge in [0.15, 0.2) is 46.0 Å². The quantitative estimate of drug-likeness (QED) is 0.0270. The van der Waals surface area contributed by atoms with E-state index in [2.05, 4.69) is 195 Å². The number of aromatic nitrogens is 8. The summed E-state index contributed by atoms with van der Waals surface area (Å²) in [5.41, 5.74) is 28.4. The average molecular weight is 2010 g/mol. The first kappa shape index (κ1) is 101. The predicted molar refractivity (Wildman–Crippen MR) is 578 cm³/mol. The minimum Gasteiger partial charge on any atom is -0.657 e. The predicted octanol–water partition coefficient (Wildman–Crippen LogP) is 28.6. The SMILES string of the molecule is C=Cc1nc(C)c(/C=C/c2ccc(N(c3ccccc3)c3ccccc3)cc2)c2ccc([n-]2)c(-c2cc(OC)c(OC)c(OC)c2)c2nc(c(-c3ccc4c(c3)C(CCCCCC)(CCCCCC)c3cc(-c5c6nc(c(-c7cc(OC)c(OC)c(OC)c7)c7ccc(cc8nc(c(-c9cc(OC)c(OC)c(OC)c9)c9ccc5[n-]9)C=C8)[n-]7)C=C6)ccc3-4)c3ccc([n-]3)c1-c1cc(OC)c(OC)c(OC)c1)C=C2.[Ni+2].[Ni+2]. The molecule has 23 heteroatoms. The van der Waals surface area contributed by atoms with Gasteiger partial charge in [-0.15, -0.1) is 44.1 Å². The van der Waals surface area contributed by atoms with E-state index in [0.29, 0.717) is 181 Å². The maximum atomic E-state index is 6.19. The number of rotatable bonds is 34. The van der Waals surface area contributed by atoms with Gasteiger partial charge in [-0.05, 0) is 260 Å². The van der Waals surface area contributed by atoms with E-state index in [1.165, 1.54) is 11.1 Å². The summed E-state index contributed by atoms with van der Waals surface area (Å²) in [7, 11) is 19.4. The van der Waals surface area contributed by atoms with Gasteiger partial charge in [-0.25, -0.2) is 15.0 Å². The third-order valence-electron chi connectivity index (χ3n) is 27.3. The number of benzene rings is 9. The number of methoxy groups -OCH3 is 12. The van der Waals surface area contributed by atoms with E-state index in [1.54, 1.807) is 91.4 Å². The van der Waals surface area contributed by atoms with Crippen LogP contribution in [0.4, 0.5) is 17.1 Å². The molecule has 19 rings (SSSR count). The summed E-state index contributed by atoms with van der Waals surface area (Å²) in [4.78, 5) is 47.8. The summed E-state index contributed by atoms with van der Waals surface area (Å²) in [5.74, 6) is 5.47. The maximum Gasteiger partial charge on any atom is 2.00 e. The molecule has 6 aromatic heterocycles. The zero-order valence-electron chi connectivity index (χ0n) is 83.9. The van der Waals surface area contributed by atoms with Crippen LogP contribution in [-0.4, -0.2) is 105 Å². The molecule has 0 radical (unpaired) electrons. The molecule has 0 N–H and O–H groups in total. The van der Waals surface area contributed by atoms with Crippen molar-refractivity contribution >= 4 is 116 Å². The minimum atomic E-state index is -0.561. The van der Waals surface area contributed by atoms with Crippen LogP contribution in [-0.2, 0) is 38.4 Å². The number of ether oxygens (including phenoxy) is 12. The molecule has 738 valence electrons. The summed E-state index contributed by atoms with van der Waals surface area (Å²) in [5, 5.41) is 0. The summed E-state index contributed by atoms with van der Waals surface area (Å²) in [6.45, 7) is 11.1. The molecule has 9 aromatic carbocycles. The minimum absolute atomic E-state index is 0. The van der Waals surface area contributed by atoms with Gasteiger partial charge in [0, 0.05) is 28.2 Å². The third-order valence-corrected chi connectivity index (χ3v) is 27.3. The zero-order valence-corrected chi connectivity index (χ0v) is 85.9. The topological polar surface area (TPSA) is 222 Å². The van der Waals surface area contributed by atoms with Crippen molar-refractivity contribution in [2.75, 3.05) is 90.2 Å². The normalized spacial score (nSPS) is 12.1. The Hall–Kier alpha value is -15.7. The van der Waals surface area contributed by atoms with Crippen LogP contribution in [0.15, 0.2) is 231 Å². The van der Waals surface area contributed by atoms with Crippen LogP contribution in [0.3, 0.4) is 0 Å². The fourth-order valence-electron chi connectivity index (χ4n) is 20.6. The zero-order chi connectivity index (χ0) is 99.1. The Balaban J connectivity index is 0.00000720. The second kappa shape index (κ2) is 44.4. The van der Waals surface area contributed by atoms with Gasteiger partial charge in [-0.3, -0.25) is 4.98 Å². The first-order chi connectivity index (χ1) is 70.1. The number of fused-ring (bicyclic) bond motifs is 17. The van der Waals surface area contributed by atoms with Gasteiger partial charge in [0.25, 0.3) is 0 Å². The summed E-state index contributed by atoms with van der Waals surface area (Å²) >= 11 is 0. The Bertz CT molecular complexity index is 7700. The Labute approximate surface area is 865 Å². The van der Waals surface area contributed by atoms with Crippen molar-refractivity contribution in [2.24, 2.45) is 0 Å². The Morgan fingerprint density at radius 2 is 0.648 bits per heavy atom. The van der Waals surface area contributed by atoms with Gasteiger partial charge in [0.1, 0.15) is 0 Å². The van der Waals surface area contributed by atoms with Crippen molar-refractivity contribution in [1.29, 1.82) is 0 Å². The van der Waals surface area contributed by atoms with Gasteiger partial charge >= 0.3 is 33.0 Å². The van der Waals surface area contributed by atoms with Crippen molar-refractivity contribution in [2.45, 2.75) is 90.4 Å². The third kappa shape index (κ3) is 19.5. The molecular weight excluding hydrogens is 1900 g/mol. The summed E-state index contributed by atoms with van der Waals surface area (Å²) in [6.07, 6.45) is 28.3. The fraction of sp³-hybridized carbons (Fsp3) is 0.213. The molecule has 4 aliphatic rings. The van der Waals surface area contributed by atoms with Crippen molar-refractivity contribution in [3.8, 4) is 147 Å². The van der Waals surface area contributed by atoms with E-state index in [-0.39, 0.29) is 33.0 Å².